The zero-order valence-corrected chi connectivity index (χ0v) is 18.8. The molecule has 8 nitrogen and oxygen atoms in total. The number of benzene rings is 2. The maximum atomic E-state index is 5.88. The SMILES string of the molecule is CCOc1ccc(Oc2cc(CNC(=NC)Nc3ccc4c(c3)OCCCO4)ccn2)cc1. The van der Waals surface area contributed by atoms with Crippen molar-refractivity contribution >= 4 is 11.6 Å². The fourth-order valence-electron chi connectivity index (χ4n) is 3.25. The first-order valence-electron chi connectivity index (χ1n) is 11.0. The third-order valence-electron chi connectivity index (χ3n) is 4.85. The number of pyridine rings is 1. The van der Waals surface area contributed by atoms with E-state index in [2.05, 4.69) is 20.6 Å². The van der Waals surface area contributed by atoms with Crippen LogP contribution in [-0.2, 0) is 6.54 Å². The molecule has 0 aliphatic carbocycles. The molecule has 33 heavy (non-hydrogen) atoms. The van der Waals surface area contributed by atoms with Crippen LogP contribution >= 0.6 is 0 Å². The van der Waals surface area contributed by atoms with E-state index in [-0.39, 0.29) is 0 Å². The highest BCUT2D eigenvalue weighted by Crippen LogP contribution is 2.32. The van der Waals surface area contributed by atoms with Crippen molar-refractivity contribution in [2.45, 2.75) is 19.9 Å². The van der Waals surface area contributed by atoms with Gasteiger partial charge < -0.3 is 29.6 Å². The van der Waals surface area contributed by atoms with Gasteiger partial charge in [0.15, 0.2) is 17.5 Å². The summed E-state index contributed by atoms with van der Waals surface area (Å²) in [6.45, 7) is 4.44. The van der Waals surface area contributed by atoms with Crippen molar-refractivity contribution in [3.63, 3.8) is 0 Å². The Morgan fingerprint density at radius 3 is 2.58 bits per heavy atom. The lowest BCUT2D eigenvalue weighted by Crippen LogP contribution is -2.30. The van der Waals surface area contributed by atoms with Crippen molar-refractivity contribution in [1.82, 2.24) is 10.3 Å². The minimum Gasteiger partial charge on any atom is -0.494 e. The zero-order valence-electron chi connectivity index (χ0n) is 18.8. The van der Waals surface area contributed by atoms with E-state index >= 15 is 0 Å². The molecule has 1 aliphatic heterocycles. The number of ether oxygens (including phenoxy) is 4. The largest absolute Gasteiger partial charge is 0.494 e. The van der Waals surface area contributed by atoms with Crippen LogP contribution in [0.1, 0.15) is 18.9 Å². The van der Waals surface area contributed by atoms with Crippen LogP contribution in [0.2, 0.25) is 0 Å². The minimum absolute atomic E-state index is 0.518. The second-order valence-corrected chi connectivity index (χ2v) is 7.27. The van der Waals surface area contributed by atoms with Gasteiger partial charge in [0.1, 0.15) is 11.5 Å². The molecule has 8 heteroatoms. The van der Waals surface area contributed by atoms with Gasteiger partial charge in [0.25, 0.3) is 0 Å². The van der Waals surface area contributed by atoms with Gasteiger partial charge in [0.05, 0.1) is 19.8 Å². The number of fused-ring (bicyclic) bond motifs is 1. The summed E-state index contributed by atoms with van der Waals surface area (Å²) >= 11 is 0. The van der Waals surface area contributed by atoms with Gasteiger partial charge in [-0.25, -0.2) is 4.98 Å². The molecule has 0 bridgehead atoms. The molecule has 1 aromatic heterocycles. The van der Waals surface area contributed by atoms with Gasteiger partial charge in [-0.3, -0.25) is 4.99 Å². The second-order valence-electron chi connectivity index (χ2n) is 7.27. The van der Waals surface area contributed by atoms with Gasteiger partial charge in [-0.1, -0.05) is 0 Å². The lowest BCUT2D eigenvalue weighted by atomic mass is 10.2. The molecule has 172 valence electrons. The number of hydrogen-bond acceptors (Lipinski definition) is 6. The summed E-state index contributed by atoms with van der Waals surface area (Å²) in [5.74, 6) is 4.15. The summed E-state index contributed by atoms with van der Waals surface area (Å²) in [6, 6.07) is 17.1. The Morgan fingerprint density at radius 2 is 1.79 bits per heavy atom. The van der Waals surface area contributed by atoms with Crippen LogP contribution in [0.4, 0.5) is 5.69 Å². The van der Waals surface area contributed by atoms with Crippen molar-refractivity contribution in [3.8, 4) is 28.9 Å². The normalized spacial score (nSPS) is 13.1. The average Bonchev–Trinajstić information content (AvgIpc) is 3.08. The Kier molecular flexibility index (Phi) is 7.48. The van der Waals surface area contributed by atoms with Crippen molar-refractivity contribution in [1.29, 1.82) is 0 Å². The highest BCUT2D eigenvalue weighted by molar-refractivity contribution is 5.93. The fraction of sp³-hybridized carbons (Fsp3) is 0.280. The summed E-state index contributed by atoms with van der Waals surface area (Å²) in [5.41, 5.74) is 1.87. The molecule has 1 aliphatic rings. The molecule has 0 saturated heterocycles. The third kappa shape index (κ3) is 6.29. The van der Waals surface area contributed by atoms with E-state index in [0.29, 0.717) is 44.0 Å². The minimum atomic E-state index is 0.518. The summed E-state index contributed by atoms with van der Waals surface area (Å²) < 4.78 is 22.8. The topological polar surface area (TPSA) is 86.2 Å². The van der Waals surface area contributed by atoms with Gasteiger partial charge in [-0.05, 0) is 55.0 Å². The van der Waals surface area contributed by atoms with E-state index in [4.69, 9.17) is 18.9 Å². The van der Waals surface area contributed by atoms with Gasteiger partial charge >= 0.3 is 0 Å². The van der Waals surface area contributed by atoms with E-state index in [1.807, 2.05) is 61.5 Å². The van der Waals surface area contributed by atoms with E-state index in [0.717, 1.165) is 34.9 Å². The van der Waals surface area contributed by atoms with E-state index in [1.54, 1.807) is 13.2 Å². The molecule has 0 saturated carbocycles. The van der Waals surface area contributed by atoms with Gasteiger partial charge in [0, 0.05) is 44.0 Å². The highest BCUT2D eigenvalue weighted by Gasteiger charge is 2.11. The van der Waals surface area contributed by atoms with E-state index in [9.17, 15) is 0 Å². The molecule has 4 rings (SSSR count). The van der Waals surface area contributed by atoms with Crippen LogP contribution in [0.15, 0.2) is 65.8 Å². The lowest BCUT2D eigenvalue weighted by Gasteiger charge is -2.14. The predicted molar refractivity (Wildman–Crippen MR) is 128 cm³/mol. The molecule has 0 atom stereocenters. The third-order valence-corrected chi connectivity index (χ3v) is 4.85. The molecule has 0 fully saturated rings. The van der Waals surface area contributed by atoms with E-state index in [1.165, 1.54) is 0 Å². The second kappa shape index (κ2) is 11.1. The van der Waals surface area contributed by atoms with Crippen molar-refractivity contribution < 1.29 is 18.9 Å². The molecular weight excluding hydrogens is 420 g/mol. The Hall–Kier alpha value is -3.94. The molecule has 0 amide bonds. The lowest BCUT2D eigenvalue weighted by molar-refractivity contribution is 0.297. The summed E-state index contributed by atoms with van der Waals surface area (Å²) in [5, 5.41) is 6.59. The van der Waals surface area contributed by atoms with Gasteiger partial charge in [-0.15, -0.1) is 0 Å². The quantitative estimate of drug-likeness (QED) is 0.403. The molecule has 0 spiro atoms. The van der Waals surface area contributed by atoms with Crippen LogP contribution in [0.25, 0.3) is 0 Å². The Morgan fingerprint density at radius 1 is 1.00 bits per heavy atom. The Bertz CT molecular complexity index is 1090. The maximum Gasteiger partial charge on any atom is 0.219 e. The maximum absolute atomic E-state index is 5.88. The Balaban J connectivity index is 1.34. The zero-order chi connectivity index (χ0) is 22.9. The molecule has 2 heterocycles. The first-order valence-corrected chi connectivity index (χ1v) is 11.0. The molecule has 0 radical (unpaired) electrons. The molecule has 2 aromatic carbocycles. The summed E-state index contributed by atoms with van der Waals surface area (Å²) in [4.78, 5) is 8.61. The smallest absolute Gasteiger partial charge is 0.219 e. The van der Waals surface area contributed by atoms with E-state index < -0.39 is 0 Å². The molecular formula is C25H28N4O4. The number of nitrogens with zero attached hydrogens (tertiary/aromatic N) is 2. The van der Waals surface area contributed by atoms with Crippen molar-refractivity contribution in [2.75, 3.05) is 32.2 Å². The van der Waals surface area contributed by atoms with Crippen LogP contribution in [0, 0.1) is 0 Å². The monoisotopic (exact) mass is 448 g/mol. The standard InChI is InChI=1S/C25H28N4O4/c1-3-30-20-6-8-21(9-7-20)33-24-15-18(11-12-27-24)17-28-25(26-2)29-19-5-10-22-23(16-19)32-14-4-13-31-22/h5-12,15-16H,3-4,13-14,17H2,1-2H3,(H2,26,28,29). The Labute approximate surface area is 193 Å². The molecule has 3 aromatic rings. The number of anilines is 1. The highest BCUT2D eigenvalue weighted by atomic mass is 16.5. The number of aliphatic imine (C=N–C) groups is 1. The van der Waals surface area contributed by atoms with Crippen molar-refractivity contribution in [3.05, 3.63) is 66.4 Å². The van der Waals surface area contributed by atoms with Gasteiger partial charge in [0.2, 0.25) is 5.88 Å². The summed E-state index contributed by atoms with van der Waals surface area (Å²) in [6.07, 6.45) is 2.60. The van der Waals surface area contributed by atoms with Crippen LogP contribution < -0.4 is 29.6 Å². The number of aromatic nitrogens is 1. The number of rotatable bonds is 7. The van der Waals surface area contributed by atoms with Crippen LogP contribution in [0.3, 0.4) is 0 Å². The first kappa shape index (κ1) is 22.3. The molecule has 0 unspecified atom stereocenters. The van der Waals surface area contributed by atoms with Crippen LogP contribution in [-0.4, -0.2) is 37.8 Å². The van der Waals surface area contributed by atoms with Gasteiger partial charge in [-0.2, -0.15) is 0 Å². The first-order chi connectivity index (χ1) is 16.2. The number of nitrogens with one attached hydrogen (secondary N) is 2. The van der Waals surface area contributed by atoms with Crippen molar-refractivity contribution in [2.24, 2.45) is 4.99 Å². The fourth-order valence-corrected chi connectivity index (χ4v) is 3.25. The molecule has 2 N–H and O–H groups in total. The summed E-state index contributed by atoms with van der Waals surface area (Å²) in [7, 11) is 1.73. The predicted octanol–water partition coefficient (Wildman–Crippen LogP) is 4.62. The number of hydrogen-bond donors (Lipinski definition) is 2. The number of guanidine groups is 1. The average molecular weight is 449 g/mol. The van der Waals surface area contributed by atoms with Crippen LogP contribution in [0.5, 0.6) is 28.9 Å².